The van der Waals surface area contributed by atoms with Gasteiger partial charge in [0.1, 0.15) is 47.1 Å². The number of aromatic hydroxyl groups is 2. The maximum absolute atomic E-state index is 12.5. The molecule has 51 heavy (non-hydrogen) atoms. The minimum Gasteiger partial charge on any atom is -0.507 e. The number of ether oxygens (including phenoxy) is 4. The fourth-order valence-corrected chi connectivity index (χ4v) is 11.7. The van der Waals surface area contributed by atoms with Crippen molar-refractivity contribution in [3.63, 3.8) is 0 Å². The van der Waals surface area contributed by atoms with Crippen molar-refractivity contribution in [1.82, 2.24) is 0 Å². The summed E-state index contributed by atoms with van der Waals surface area (Å²) in [4.78, 5) is 24.6. The van der Waals surface area contributed by atoms with E-state index in [0.717, 1.165) is 43.6 Å². The first kappa shape index (κ1) is 38.4. The summed E-state index contributed by atoms with van der Waals surface area (Å²) < 4.78 is 24.9. The lowest BCUT2D eigenvalue weighted by molar-refractivity contribution is -0.323. The lowest BCUT2D eigenvalue weighted by Gasteiger charge is -2.54. The molecule has 3 aliphatic heterocycles. The first-order valence-electron chi connectivity index (χ1n) is 17.5. The second kappa shape index (κ2) is 15.6. The van der Waals surface area contributed by atoms with E-state index >= 15 is 0 Å². The number of aliphatic hydroxyl groups excluding tert-OH is 4. The van der Waals surface area contributed by atoms with Crippen LogP contribution < -0.4 is 4.74 Å². The molecular weight excluding hydrogens is 705 g/mol. The third-order valence-corrected chi connectivity index (χ3v) is 13.9. The minimum absolute atomic E-state index is 0.0447. The number of hydrogen-bond acceptors (Lipinski definition) is 14. The molecule has 3 heterocycles. The van der Waals surface area contributed by atoms with Crippen LogP contribution in [0, 0.1) is 30.1 Å². The van der Waals surface area contributed by atoms with E-state index in [1.165, 1.54) is 24.6 Å². The van der Waals surface area contributed by atoms with Gasteiger partial charge in [-0.3, -0.25) is 4.79 Å². The molecule has 9 atom stereocenters. The average molecular weight is 753 g/mol. The normalized spacial score (nSPS) is 34.4. The zero-order valence-electron chi connectivity index (χ0n) is 28.8. The second-order valence-electron chi connectivity index (χ2n) is 14.5. The molecule has 4 aliphatic rings. The zero-order valence-corrected chi connectivity index (χ0v) is 30.4. The van der Waals surface area contributed by atoms with Gasteiger partial charge in [0.15, 0.2) is 5.78 Å². The van der Waals surface area contributed by atoms with Crippen LogP contribution in [0.5, 0.6) is 17.2 Å². The number of phenols is 2. The third-order valence-electron chi connectivity index (χ3n) is 11.7. The summed E-state index contributed by atoms with van der Waals surface area (Å²) in [6.45, 7) is 3.41. The predicted octanol–water partition coefficient (Wildman–Crippen LogP) is 3.99. The summed E-state index contributed by atoms with van der Waals surface area (Å²) in [5, 5.41) is 75.9. The number of phenolic OH excluding ortho intramolecular Hbond substituents is 2. The van der Waals surface area contributed by atoms with Crippen molar-refractivity contribution in [2.24, 2.45) is 23.2 Å². The van der Waals surface area contributed by atoms with Crippen LogP contribution in [0.3, 0.4) is 0 Å². The van der Waals surface area contributed by atoms with Crippen LogP contribution in [0.15, 0.2) is 12.1 Å². The number of carboxylic acid groups (broad SMARTS) is 1. The van der Waals surface area contributed by atoms with Gasteiger partial charge in [-0.25, -0.2) is 4.79 Å². The highest BCUT2D eigenvalue weighted by atomic mass is 33.1. The van der Waals surface area contributed by atoms with E-state index in [0.29, 0.717) is 37.9 Å². The molecule has 0 aromatic heterocycles. The van der Waals surface area contributed by atoms with Crippen LogP contribution in [-0.4, -0.2) is 116 Å². The molecule has 4 fully saturated rings. The lowest BCUT2D eigenvalue weighted by Crippen LogP contribution is -2.69. The standard InChI is InChI=1S/C36H48O13S2/c1-18-26(19(2)39)30(41)27-23(29(18)40)11-22(33(44)45)12-24(27)48-34-31(42)32(43)36(25(13-38)49-34)9-7-20-5-3-6-21-14-46-15-35(28(20)21,8-4-10-37)16-50-51-17-47-36/h11-12,20-21,25,28,31-32,34,37-38,40-43H,3-10,13-17H2,1-2H3,(H,44,45). The number of Topliss-reactive ketones (excluding diaryl/α,β-unsaturated/α-hetero) is 1. The van der Waals surface area contributed by atoms with Crippen LogP contribution in [0.25, 0.3) is 10.8 Å². The van der Waals surface area contributed by atoms with Crippen molar-refractivity contribution in [3.05, 3.63) is 28.8 Å². The summed E-state index contributed by atoms with van der Waals surface area (Å²) in [7, 11) is 3.11. The van der Waals surface area contributed by atoms with Crippen molar-refractivity contribution in [3.8, 4) is 17.2 Å². The van der Waals surface area contributed by atoms with Gasteiger partial charge in [0.2, 0.25) is 6.29 Å². The van der Waals surface area contributed by atoms with Gasteiger partial charge in [0, 0.05) is 35.3 Å². The highest BCUT2D eigenvalue weighted by Gasteiger charge is 2.59. The Kier molecular flexibility index (Phi) is 11.7. The largest absolute Gasteiger partial charge is 0.507 e. The van der Waals surface area contributed by atoms with Crippen molar-refractivity contribution < 1.29 is 64.3 Å². The SMILES string of the molecule is CC(=O)c1c(C)c(O)c2cc(C(=O)O)cc(OC3OC(CO)C4(CCC5CCCC6COCC(CCCO)(CSSCO4)C56)C(O)C3O)c2c1O. The summed E-state index contributed by atoms with van der Waals surface area (Å²) in [6, 6.07) is 2.20. The first-order chi connectivity index (χ1) is 24.4. The van der Waals surface area contributed by atoms with Crippen molar-refractivity contribution in [2.45, 2.75) is 89.0 Å². The predicted molar refractivity (Wildman–Crippen MR) is 189 cm³/mol. The van der Waals surface area contributed by atoms with E-state index < -0.39 is 60.1 Å². The molecule has 0 amide bonds. The number of benzene rings is 2. The molecule has 9 unspecified atom stereocenters. The number of ketones is 1. The van der Waals surface area contributed by atoms with E-state index in [1.54, 1.807) is 10.8 Å². The topological polar surface area (TPSA) is 213 Å². The van der Waals surface area contributed by atoms with Gasteiger partial charge in [-0.2, -0.15) is 0 Å². The van der Waals surface area contributed by atoms with Crippen molar-refractivity contribution >= 4 is 44.1 Å². The Hall–Kier alpha value is -2.34. The van der Waals surface area contributed by atoms with Gasteiger partial charge in [-0.1, -0.05) is 34.4 Å². The maximum atomic E-state index is 12.5. The molecule has 1 spiro atoms. The molecule has 0 radical (unpaired) electrons. The minimum atomic E-state index is -1.77. The van der Waals surface area contributed by atoms with Gasteiger partial charge in [-0.05, 0) is 75.8 Å². The number of carboxylic acids is 1. The Balaban J connectivity index is 1.34. The molecule has 13 nitrogen and oxygen atoms in total. The Morgan fingerprint density at radius 1 is 1.06 bits per heavy atom. The molecule has 282 valence electrons. The average Bonchev–Trinajstić information content (AvgIpc) is 3.14. The van der Waals surface area contributed by atoms with Crippen LogP contribution in [0.2, 0.25) is 0 Å². The molecule has 2 aromatic rings. The number of aliphatic hydroxyl groups is 4. The Labute approximate surface area is 304 Å². The van der Waals surface area contributed by atoms with E-state index in [9.17, 15) is 45.3 Å². The second-order valence-corrected chi connectivity index (χ2v) is 16.9. The number of hydrogen-bond donors (Lipinski definition) is 7. The molecule has 3 saturated heterocycles. The van der Waals surface area contributed by atoms with E-state index in [2.05, 4.69) is 0 Å². The number of carbonyl (C=O) groups excluding carboxylic acids is 1. The Morgan fingerprint density at radius 2 is 1.82 bits per heavy atom. The van der Waals surface area contributed by atoms with Gasteiger partial charge >= 0.3 is 5.97 Å². The summed E-state index contributed by atoms with van der Waals surface area (Å²) in [5.41, 5.74) is -2.14. The summed E-state index contributed by atoms with van der Waals surface area (Å²) in [6.07, 6.45) is -0.813. The number of carbonyl (C=O) groups is 2. The highest BCUT2D eigenvalue weighted by molar-refractivity contribution is 8.76. The van der Waals surface area contributed by atoms with Crippen LogP contribution in [0.4, 0.5) is 0 Å². The summed E-state index contributed by atoms with van der Waals surface area (Å²) >= 11 is 0. The van der Waals surface area contributed by atoms with E-state index in [1.807, 2.05) is 0 Å². The number of rotatable bonds is 8. The zero-order chi connectivity index (χ0) is 36.7. The first-order valence-corrected chi connectivity index (χ1v) is 20.0. The van der Waals surface area contributed by atoms with Gasteiger partial charge in [0.05, 0.1) is 29.7 Å². The van der Waals surface area contributed by atoms with Crippen LogP contribution >= 0.6 is 21.6 Å². The fourth-order valence-electron chi connectivity index (χ4n) is 9.31. The van der Waals surface area contributed by atoms with Gasteiger partial charge < -0.3 is 54.7 Å². The van der Waals surface area contributed by atoms with E-state index in [-0.39, 0.29) is 63.5 Å². The smallest absolute Gasteiger partial charge is 0.335 e. The molecular formula is C36H48O13S2. The van der Waals surface area contributed by atoms with Crippen LogP contribution in [-0.2, 0) is 14.2 Å². The number of aromatic carboxylic acids is 1. The molecule has 7 N–H and O–H groups in total. The van der Waals surface area contributed by atoms with E-state index in [4.69, 9.17) is 18.9 Å². The van der Waals surface area contributed by atoms with Crippen molar-refractivity contribution in [2.75, 3.05) is 38.1 Å². The monoisotopic (exact) mass is 752 g/mol. The quantitative estimate of drug-likeness (QED) is 0.115. The molecule has 15 heteroatoms. The fraction of sp³-hybridized carbons (Fsp3) is 0.667. The third kappa shape index (κ3) is 6.94. The molecule has 2 aromatic carbocycles. The Bertz CT molecular complexity index is 1620. The van der Waals surface area contributed by atoms with Crippen molar-refractivity contribution in [1.29, 1.82) is 0 Å². The molecule has 1 aliphatic carbocycles. The molecule has 1 saturated carbocycles. The van der Waals surface area contributed by atoms with Gasteiger partial charge in [-0.15, -0.1) is 0 Å². The molecule has 6 rings (SSSR count). The number of fused-ring (bicyclic) bond motifs is 1. The maximum Gasteiger partial charge on any atom is 0.335 e. The Morgan fingerprint density at radius 3 is 2.53 bits per heavy atom. The van der Waals surface area contributed by atoms with Gasteiger partial charge in [0.25, 0.3) is 0 Å². The lowest BCUT2D eigenvalue weighted by atomic mass is 9.56. The highest BCUT2D eigenvalue weighted by Crippen LogP contribution is 2.56. The molecule has 0 bridgehead atoms. The summed E-state index contributed by atoms with van der Waals surface area (Å²) in [5.74, 6) is -1.40. The van der Waals surface area contributed by atoms with Crippen LogP contribution in [0.1, 0.15) is 78.1 Å².